The van der Waals surface area contributed by atoms with Gasteiger partial charge in [-0.2, -0.15) is 0 Å². The van der Waals surface area contributed by atoms with Crippen LogP contribution in [-0.2, 0) is 0 Å². The highest BCUT2D eigenvalue weighted by molar-refractivity contribution is 7.10. The van der Waals surface area contributed by atoms with E-state index in [1.54, 1.807) is 17.5 Å². The molecule has 3 nitrogen and oxygen atoms in total. The van der Waals surface area contributed by atoms with Crippen LogP contribution in [0.15, 0.2) is 23.7 Å². The van der Waals surface area contributed by atoms with Crippen molar-refractivity contribution in [3.05, 3.63) is 28.6 Å². The van der Waals surface area contributed by atoms with Crippen molar-refractivity contribution in [2.45, 2.75) is 20.3 Å². The molecule has 1 N–H and O–H groups in total. The molecule has 2 aromatic rings. The minimum absolute atomic E-state index is 0.713. The van der Waals surface area contributed by atoms with Gasteiger partial charge in [-0.25, -0.2) is 9.97 Å². The number of aromatic nitrogens is 2. The molecule has 4 heteroatoms. The fraction of sp³-hybridized carbons (Fsp3) is 0.333. The second-order valence-electron chi connectivity index (χ2n) is 3.58. The SMILES string of the molecule is CCCNc1nccc(-c2ccsc2C)n1. The average Bonchev–Trinajstić information content (AvgIpc) is 2.73. The molecular weight excluding hydrogens is 218 g/mol. The Bertz CT molecular complexity index is 465. The van der Waals surface area contributed by atoms with Crippen LogP contribution >= 0.6 is 11.3 Å². The van der Waals surface area contributed by atoms with Gasteiger partial charge in [-0.15, -0.1) is 11.3 Å². The van der Waals surface area contributed by atoms with Crippen molar-refractivity contribution >= 4 is 17.3 Å². The van der Waals surface area contributed by atoms with E-state index in [1.807, 2.05) is 6.07 Å². The van der Waals surface area contributed by atoms with Crippen molar-refractivity contribution in [1.82, 2.24) is 9.97 Å². The minimum Gasteiger partial charge on any atom is -0.354 e. The Morgan fingerprint density at radius 3 is 2.94 bits per heavy atom. The second-order valence-corrected chi connectivity index (χ2v) is 4.70. The molecule has 0 aromatic carbocycles. The molecule has 0 aliphatic heterocycles. The van der Waals surface area contributed by atoms with Gasteiger partial charge in [0.15, 0.2) is 0 Å². The molecule has 84 valence electrons. The molecule has 0 amide bonds. The maximum Gasteiger partial charge on any atom is 0.223 e. The van der Waals surface area contributed by atoms with E-state index in [1.165, 1.54) is 10.4 Å². The van der Waals surface area contributed by atoms with Gasteiger partial charge in [-0.1, -0.05) is 6.92 Å². The first-order chi connectivity index (χ1) is 7.81. The molecule has 2 aromatic heterocycles. The van der Waals surface area contributed by atoms with Crippen LogP contribution in [0.3, 0.4) is 0 Å². The smallest absolute Gasteiger partial charge is 0.223 e. The number of hydrogen-bond donors (Lipinski definition) is 1. The molecule has 0 radical (unpaired) electrons. The van der Waals surface area contributed by atoms with Crippen molar-refractivity contribution < 1.29 is 0 Å². The van der Waals surface area contributed by atoms with Crippen LogP contribution in [-0.4, -0.2) is 16.5 Å². The van der Waals surface area contributed by atoms with Crippen LogP contribution < -0.4 is 5.32 Å². The maximum atomic E-state index is 4.50. The van der Waals surface area contributed by atoms with E-state index in [0.717, 1.165) is 18.7 Å². The summed E-state index contributed by atoms with van der Waals surface area (Å²) in [6, 6.07) is 4.05. The third kappa shape index (κ3) is 2.39. The summed E-state index contributed by atoms with van der Waals surface area (Å²) in [5.41, 5.74) is 2.19. The molecule has 0 spiro atoms. The van der Waals surface area contributed by atoms with Crippen LogP contribution in [0.25, 0.3) is 11.3 Å². The van der Waals surface area contributed by atoms with Crippen molar-refractivity contribution in [2.75, 3.05) is 11.9 Å². The first kappa shape index (κ1) is 11.1. The highest BCUT2D eigenvalue weighted by atomic mass is 32.1. The molecule has 0 aliphatic carbocycles. The molecule has 0 atom stereocenters. The molecule has 0 fully saturated rings. The largest absolute Gasteiger partial charge is 0.354 e. The van der Waals surface area contributed by atoms with E-state index in [2.05, 4.69) is 40.6 Å². The van der Waals surface area contributed by atoms with Crippen LogP contribution in [0.4, 0.5) is 5.95 Å². The zero-order valence-corrected chi connectivity index (χ0v) is 10.3. The number of hydrogen-bond acceptors (Lipinski definition) is 4. The summed E-state index contributed by atoms with van der Waals surface area (Å²) in [5, 5.41) is 5.29. The third-order valence-electron chi connectivity index (χ3n) is 2.32. The van der Waals surface area contributed by atoms with E-state index >= 15 is 0 Å². The van der Waals surface area contributed by atoms with Crippen LogP contribution in [0.5, 0.6) is 0 Å². The number of nitrogens with zero attached hydrogens (tertiary/aromatic N) is 2. The van der Waals surface area contributed by atoms with Crippen molar-refractivity contribution in [3.63, 3.8) is 0 Å². The summed E-state index contributed by atoms with van der Waals surface area (Å²) in [6.07, 6.45) is 2.88. The fourth-order valence-corrected chi connectivity index (χ4v) is 2.19. The second kappa shape index (κ2) is 5.07. The number of anilines is 1. The molecule has 2 heterocycles. The third-order valence-corrected chi connectivity index (χ3v) is 3.17. The molecule has 0 aliphatic rings. The minimum atomic E-state index is 0.713. The lowest BCUT2D eigenvalue weighted by Crippen LogP contribution is -2.04. The van der Waals surface area contributed by atoms with E-state index in [4.69, 9.17) is 0 Å². The lowest BCUT2D eigenvalue weighted by atomic mass is 10.2. The van der Waals surface area contributed by atoms with Gasteiger partial charge >= 0.3 is 0 Å². The summed E-state index contributed by atoms with van der Waals surface area (Å²) >= 11 is 1.74. The van der Waals surface area contributed by atoms with Crippen molar-refractivity contribution in [3.8, 4) is 11.3 Å². The van der Waals surface area contributed by atoms with Crippen LogP contribution in [0, 0.1) is 6.92 Å². The predicted molar refractivity (Wildman–Crippen MR) is 68.9 cm³/mol. The van der Waals surface area contributed by atoms with Crippen LogP contribution in [0.1, 0.15) is 18.2 Å². The Hall–Kier alpha value is -1.42. The maximum absolute atomic E-state index is 4.50. The first-order valence-corrected chi connectivity index (χ1v) is 6.30. The van der Waals surface area contributed by atoms with Gasteiger partial charge in [0, 0.05) is 23.2 Å². The van der Waals surface area contributed by atoms with Gasteiger partial charge in [-0.3, -0.25) is 0 Å². The van der Waals surface area contributed by atoms with Gasteiger partial charge in [-0.05, 0) is 30.9 Å². The Balaban J connectivity index is 2.26. The fourth-order valence-electron chi connectivity index (χ4n) is 1.48. The lowest BCUT2D eigenvalue weighted by Gasteiger charge is -2.04. The predicted octanol–water partition coefficient (Wildman–Crippen LogP) is 3.34. The summed E-state index contributed by atoms with van der Waals surface area (Å²) in [6.45, 7) is 5.15. The molecular formula is C12H15N3S. The Kier molecular flexibility index (Phi) is 3.51. The average molecular weight is 233 g/mol. The van der Waals surface area contributed by atoms with E-state index < -0.39 is 0 Å². The Morgan fingerprint density at radius 2 is 2.25 bits per heavy atom. The number of aryl methyl sites for hydroxylation is 1. The zero-order valence-electron chi connectivity index (χ0n) is 9.53. The summed E-state index contributed by atoms with van der Waals surface area (Å²) < 4.78 is 0. The van der Waals surface area contributed by atoms with Gasteiger partial charge in [0.05, 0.1) is 5.69 Å². The van der Waals surface area contributed by atoms with Gasteiger partial charge < -0.3 is 5.32 Å². The molecule has 2 rings (SSSR count). The van der Waals surface area contributed by atoms with Crippen LogP contribution in [0.2, 0.25) is 0 Å². The Morgan fingerprint density at radius 1 is 1.38 bits per heavy atom. The zero-order chi connectivity index (χ0) is 11.4. The highest BCUT2D eigenvalue weighted by Crippen LogP contribution is 2.25. The van der Waals surface area contributed by atoms with Gasteiger partial charge in [0.1, 0.15) is 0 Å². The van der Waals surface area contributed by atoms with E-state index in [9.17, 15) is 0 Å². The van der Waals surface area contributed by atoms with Crippen molar-refractivity contribution in [1.29, 1.82) is 0 Å². The summed E-state index contributed by atoms with van der Waals surface area (Å²) in [4.78, 5) is 9.99. The highest BCUT2D eigenvalue weighted by Gasteiger charge is 2.05. The van der Waals surface area contributed by atoms with Gasteiger partial charge in [0.25, 0.3) is 0 Å². The molecule has 0 bridgehead atoms. The lowest BCUT2D eigenvalue weighted by molar-refractivity contribution is 0.953. The summed E-state index contributed by atoms with van der Waals surface area (Å²) in [7, 11) is 0. The molecule has 0 saturated carbocycles. The Labute approximate surface area is 99.6 Å². The van der Waals surface area contributed by atoms with E-state index in [0.29, 0.717) is 5.95 Å². The summed E-state index contributed by atoms with van der Waals surface area (Å²) in [5.74, 6) is 0.713. The molecule has 0 unspecified atom stereocenters. The number of rotatable bonds is 4. The van der Waals surface area contributed by atoms with E-state index in [-0.39, 0.29) is 0 Å². The molecule has 16 heavy (non-hydrogen) atoms. The standard InChI is InChI=1S/C12H15N3S/c1-3-6-13-12-14-7-4-11(15-12)10-5-8-16-9(10)2/h4-5,7-8H,3,6H2,1-2H3,(H,13,14,15). The normalized spacial score (nSPS) is 10.4. The monoisotopic (exact) mass is 233 g/mol. The number of nitrogens with one attached hydrogen (secondary N) is 1. The molecule has 0 saturated heterocycles. The van der Waals surface area contributed by atoms with Crippen molar-refractivity contribution in [2.24, 2.45) is 0 Å². The topological polar surface area (TPSA) is 37.8 Å². The number of thiophene rings is 1. The van der Waals surface area contributed by atoms with Gasteiger partial charge in [0.2, 0.25) is 5.95 Å². The quantitative estimate of drug-likeness (QED) is 0.880. The first-order valence-electron chi connectivity index (χ1n) is 5.42.